The first kappa shape index (κ1) is 19.9. The predicted octanol–water partition coefficient (Wildman–Crippen LogP) is 3.27. The molecule has 0 atom stereocenters. The first-order valence-electron chi connectivity index (χ1n) is 9.31. The minimum absolute atomic E-state index is 0.210. The summed E-state index contributed by atoms with van der Waals surface area (Å²) < 4.78 is 5.86. The molecule has 29 heavy (non-hydrogen) atoms. The van der Waals surface area contributed by atoms with Gasteiger partial charge in [0, 0.05) is 18.2 Å². The molecule has 0 fully saturated rings. The Balaban J connectivity index is 1.64. The lowest BCUT2D eigenvalue weighted by Crippen LogP contribution is -2.33. The summed E-state index contributed by atoms with van der Waals surface area (Å²) in [6, 6.07) is 24.8. The Hall–Kier alpha value is -3.80. The van der Waals surface area contributed by atoms with Gasteiger partial charge in [-0.3, -0.25) is 9.59 Å². The van der Waals surface area contributed by atoms with Gasteiger partial charge in [0.2, 0.25) is 5.91 Å². The third kappa shape index (κ3) is 6.10. The average Bonchev–Trinajstić information content (AvgIpc) is 2.73. The first-order valence-corrected chi connectivity index (χ1v) is 9.31. The summed E-state index contributed by atoms with van der Waals surface area (Å²) in [6.07, 6.45) is 0.821. The molecule has 0 saturated carbocycles. The maximum absolute atomic E-state index is 12.3. The van der Waals surface area contributed by atoms with Crippen molar-refractivity contribution in [2.24, 2.45) is 5.73 Å². The van der Waals surface area contributed by atoms with E-state index in [-0.39, 0.29) is 12.5 Å². The molecule has 0 radical (unpaired) electrons. The number of amides is 2. The van der Waals surface area contributed by atoms with Crippen LogP contribution in [-0.2, 0) is 11.2 Å². The van der Waals surface area contributed by atoms with Crippen LogP contribution in [0.4, 0.5) is 11.4 Å². The molecule has 0 unspecified atom stereocenters. The summed E-state index contributed by atoms with van der Waals surface area (Å²) in [5, 5.41) is 5.73. The van der Waals surface area contributed by atoms with E-state index in [4.69, 9.17) is 10.5 Å². The zero-order valence-electron chi connectivity index (χ0n) is 15.9. The van der Waals surface area contributed by atoms with E-state index >= 15 is 0 Å². The second-order valence-corrected chi connectivity index (χ2v) is 6.43. The SMILES string of the molecule is NC(=O)CNC(=O)c1ccccc1Nc1cccc(OCCc2ccccc2)c1. The Morgan fingerprint density at radius 2 is 1.66 bits per heavy atom. The van der Waals surface area contributed by atoms with Crippen molar-refractivity contribution in [1.29, 1.82) is 0 Å². The molecule has 0 aromatic heterocycles. The lowest BCUT2D eigenvalue weighted by molar-refractivity contribution is -0.117. The maximum atomic E-state index is 12.3. The number of benzene rings is 3. The van der Waals surface area contributed by atoms with Gasteiger partial charge in [0.15, 0.2) is 0 Å². The highest BCUT2D eigenvalue weighted by Crippen LogP contribution is 2.24. The molecule has 0 saturated heterocycles. The summed E-state index contributed by atoms with van der Waals surface area (Å²) in [6.45, 7) is 0.359. The summed E-state index contributed by atoms with van der Waals surface area (Å²) in [5.41, 5.74) is 8.14. The van der Waals surface area contributed by atoms with Gasteiger partial charge >= 0.3 is 0 Å². The molecular formula is C23H23N3O3. The zero-order chi connectivity index (χ0) is 20.5. The number of nitrogens with one attached hydrogen (secondary N) is 2. The molecule has 3 aromatic rings. The molecular weight excluding hydrogens is 366 g/mol. The van der Waals surface area contributed by atoms with Gasteiger partial charge in [0.05, 0.1) is 24.4 Å². The van der Waals surface area contributed by atoms with E-state index < -0.39 is 5.91 Å². The van der Waals surface area contributed by atoms with Crippen LogP contribution in [-0.4, -0.2) is 25.0 Å². The smallest absolute Gasteiger partial charge is 0.253 e. The highest BCUT2D eigenvalue weighted by Gasteiger charge is 2.11. The van der Waals surface area contributed by atoms with Gasteiger partial charge < -0.3 is 21.1 Å². The molecule has 6 heteroatoms. The molecule has 4 N–H and O–H groups in total. The van der Waals surface area contributed by atoms with Crippen molar-refractivity contribution in [3.8, 4) is 5.75 Å². The molecule has 0 spiro atoms. The molecule has 0 bridgehead atoms. The number of carbonyl (C=O) groups is 2. The number of para-hydroxylation sites is 1. The van der Waals surface area contributed by atoms with E-state index in [2.05, 4.69) is 22.8 Å². The van der Waals surface area contributed by atoms with Crippen LogP contribution >= 0.6 is 0 Å². The fourth-order valence-corrected chi connectivity index (χ4v) is 2.80. The van der Waals surface area contributed by atoms with Gasteiger partial charge in [-0.15, -0.1) is 0 Å². The summed E-state index contributed by atoms with van der Waals surface area (Å²) >= 11 is 0. The van der Waals surface area contributed by atoms with E-state index in [9.17, 15) is 9.59 Å². The van der Waals surface area contributed by atoms with Crippen molar-refractivity contribution in [2.45, 2.75) is 6.42 Å². The Labute approximate surface area is 169 Å². The summed E-state index contributed by atoms with van der Waals surface area (Å²) in [5.74, 6) is -0.229. The van der Waals surface area contributed by atoms with Gasteiger partial charge in [-0.25, -0.2) is 0 Å². The van der Waals surface area contributed by atoms with Gasteiger partial charge in [0.25, 0.3) is 5.91 Å². The first-order chi connectivity index (χ1) is 14.1. The van der Waals surface area contributed by atoms with Crippen molar-refractivity contribution in [3.05, 3.63) is 90.0 Å². The van der Waals surface area contributed by atoms with Crippen LogP contribution in [0, 0.1) is 0 Å². The standard InChI is InChI=1S/C23H23N3O3/c24-22(27)16-25-23(28)20-11-4-5-12-21(20)26-18-9-6-10-19(15-18)29-14-13-17-7-2-1-3-8-17/h1-12,15,26H,13-14,16H2,(H2,24,27)(H,25,28). The number of hydrogen-bond acceptors (Lipinski definition) is 4. The molecule has 0 aliphatic heterocycles. The minimum atomic E-state index is -0.593. The summed E-state index contributed by atoms with van der Waals surface area (Å²) in [4.78, 5) is 23.2. The lowest BCUT2D eigenvalue weighted by atomic mass is 10.1. The number of rotatable bonds is 9. The number of anilines is 2. The van der Waals surface area contributed by atoms with Crippen LogP contribution in [0.2, 0.25) is 0 Å². The highest BCUT2D eigenvalue weighted by molar-refractivity contribution is 6.01. The molecule has 3 rings (SSSR count). The third-order valence-electron chi connectivity index (χ3n) is 4.21. The molecule has 0 aliphatic rings. The van der Waals surface area contributed by atoms with Crippen molar-refractivity contribution >= 4 is 23.2 Å². The Kier molecular flexibility index (Phi) is 6.84. The van der Waals surface area contributed by atoms with Crippen LogP contribution in [0.1, 0.15) is 15.9 Å². The Morgan fingerprint density at radius 1 is 0.897 bits per heavy atom. The van der Waals surface area contributed by atoms with E-state index in [1.165, 1.54) is 5.56 Å². The normalized spacial score (nSPS) is 10.2. The predicted molar refractivity (Wildman–Crippen MR) is 113 cm³/mol. The van der Waals surface area contributed by atoms with E-state index in [0.29, 0.717) is 17.9 Å². The van der Waals surface area contributed by atoms with Gasteiger partial charge in [-0.1, -0.05) is 48.5 Å². The number of nitrogens with two attached hydrogens (primary N) is 1. The fourth-order valence-electron chi connectivity index (χ4n) is 2.80. The molecule has 148 valence electrons. The quantitative estimate of drug-likeness (QED) is 0.524. The van der Waals surface area contributed by atoms with Crippen molar-refractivity contribution in [3.63, 3.8) is 0 Å². The van der Waals surface area contributed by atoms with Crippen LogP contribution in [0.3, 0.4) is 0 Å². The van der Waals surface area contributed by atoms with Gasteiger partial charge in [-0.2, -0.15) is 0 Å². The fraction of sp³-hybridized carbons (Fsp3) is 0.130. The van der Waals surface area contributed by atoms with Crippen LogP contribution in [0.25, 0.3) is 0 Å². The number of hydrogen-bond donors (Lipinski definition) is 3. The second kappa shape index (κ2) is 9.94. The molecule has 0 heterocycles. The topological polar surface area (TPSA) is 93.5 Å². The summed E-state index contributed by atoms with van der Waals surface area (Å²) in [7, 11) is 0. The number of ether oxygens (including phenoxy) is 1. The van der Waals surface area contributed by atoms with Gasteiger partial charge in [0.1, 0.15) is 5.75 Å². The van der Waals surface area contributed by atoms with Crippen LogP contribution in [0.15, 0.2) is 78.9 Å². The second-order valence-electron chi connectivity index (χ2n) is 6.43. The number of carbonyl (C=O) groups excluding carboxylic acids is 2. The highest BCUT2D eigenvalue weighted by atomic mass is 16.5. The molecule has 6 nitrogen and oxygen atoms in total. The third-order valence-corrected chi connectivity index (χ3v) is 4.21. The number of primary amides is 1. The van der Waals surface area contributed by atoms with E-state index in [0.717, 1.165) is 17.9 Å². The molecule has 2 amide bonds. The van der Waals surface area contributed by atoms with Gasteiger partial charge in [-0.05, 0) is 29.8 Å². The molecule has 0 aliphatic carbocycles. The monoisotopic (exact) mass is 389 g/mol. The molecule has 3 aromatic carbocycles. The average molecular weight is 389 g/mol. The largest absolute Gasteiger partial charge is 0.493 e. The minimum Gasteiger partial charge on any atom is -0.493 e. The lowest BCUT2D eigenvalue weighted by Gasteiger charge is -2.13. The Bertz CT molecular complexity index is 974. The van der Waals surface area contributed by atoms with Crippen LogP contribution < -0.4 is 21.1 Å². The maximum Gasteiger partial charge on any atom is 0.253 e. The van der Waals surface area contributed by atoms with Crippen molar-refractivity contribution < 1.29 is 14.3 Å². The zero-order valence-corrected chi connectivity index (χ0v) is 15.9. The van der Waals surface area contributed by atoms with E-state index in [1.807, 2.05) is 48.5 Å². The van der Waals surface area contributed by atoms with E-state index in [1.54, 1.807) is 18.2 Å². The van der Waals surface area contributed by atoms with Crippen LogP contribution in [0.5, 0.6) is 5.75 Å². The van der Waals surface area contributed by atoms with Crippen molar-refractivity contribution in [1.82, 2.24) is 5.32 Å². The van der Waals surface area contributed by atoms with Crippen molar-refractivity contribution in [2.75, 3.05) is 18.5 Å². The Morgan fingerprint density at radius 3 is 2.45 bits per heavy atom.